The second kappa shape index (κ2) is 4.82. The lowest BCUT2D eigenvalue weighted by atomic mass is 9.95. The molecular formula is C13H12N2O6S. The van der Waals surface area contributed by atoms with Gasteiger partial charge in [0.1, 0.15) is 12.3 Å². The van der Waals surface area contributed by atoms with Gasteiger partial charge < -0.3 is 4.42 Å². The third-order valence-electron chi connectivity index (χ3n) is 3.59. The van der Waals surface area contributed by atoms with Crippen LogP contribution in [0.2, 0.25) is 0 Å². The highest BCUT2D eigenvalue weighted by Gasteiger charge is 2.47. The van der Waals surface area contributed by atoms with Gasteiger partial charge in [0.2, 0.25) is 5.91 Å². The van der Waals surface area contributed by atoms with Crippen LogP contribution in [-0.2, 0) is 19.7 Å². The van der Waals surface area contributed by atoms with Gasteiger partial charge in [0.25, 0.3) is 10.1 Å². The first kappa shape index (κ1) is 14.5. The summed E-state index contributed by atoms with van der Waals surface area (Å²) in [5, 5.41) is 2.10. The van der Waals surface area contributed by atoms with Gasteiger partial charge in [-0.05, 0) is 30.7 Å². The Morgan fingerprint density at radius 2 is 2.14 bits per heavy atom. The minimum absolute atomic E-state index is 0.0304. The van der Waals surface area contributed by atoms with E-state index in [0.717, 1.165) is 4.90 Å². The first-order chi connectivity index (χ1) is 10.3. The predicted molar refractivity (Wildman–Crippen MR) is 74.0 cm³/mol. The number of imide groups is 1. The van der Waals surface area contributed by atoms with E-state index in [2.05, 4.69) is 5.32 Å². The largest absolute Gasteiger partial charge is 0.467 e. The Morgan fingerprint density at radius 3 is 2.68 bits per heavy atom. The summed E-state index contributed by atoms with van der Waals surface area (Å²) in [6.07, 6.45) is 5.48. The van der Waals surface area contributed by atoms with Crippen LogP contribution in [0.4, 0.5) is 4.79 Å². The van der Waals surface area contributed by atoms with Crippen LogP contribution in [0.5, 0.6) is 0 Å². The van der Waals surface area contributed by atoms with E-state index >= 15 is 0 Å². The maximum Gasteiger partial charge on any atom is 0.329 e. The Balaban J connectivity index is 2.12. The molecule has 1 saturated heterocycles. The summed E-state index contributed by atoms with van der Waals surface area (Å²) in [5.74, 6) is -0.455. The molecule has 1 atom stereocenters. The summed E-state index contributed by atoms with van der Waals surface area (Å²) in [6.45, 7) is -0.214. The lowest BCUT2D eigenvalue weighted by Gasteiger charge is -2.29. The maximum absolute atomic E-state index is 11.9. The summed E-state index contributed by atoms with van der Waals surface area (Å²) in [7, 11) is -4.57. The molecule has 2 aliphatic rings. The second-order valence-electron chi connectivity index (χ2n) is 4.96. The molecule has 1 fully saturated rings. The molecule has 0 spiro atoms. The summed E-state index contributed by atoms with van der Waals surface area (Å²) in [4.78, 5) is 24.1. The Morgan fingerprint density at radius 1 is 1.36 bits per heavy atom. The average Bonchev–Trinajstić information content (AvgIpc) is 3.07. The highest BCUT2D eigenvalue weighted by Crippen LogP contribution is 2.40. The fourth-order valence-corrected chi connectivity index (χ4v) is 3.46. The Hall–Kier alpha value is -2.39. The number of nitrogens with zero attached hydrogens (tertiary/aromatic N) is 1. The molecular weight excluding hydrogens is 312 g/mol. The third-order valence-corrected chi connectivity index (χ3v) is 5.00. The number of urea groups is 1. The minimum Gasteiger partial charge on any atom is -0.467 e. The highest BCUT2D eigenvalue weighted by atomic mass is 32.2. The molecule has 1 aliphatic carbocycles. The van der Waals surface area contributed by atoms with E-state index in [9.17, 15) is 22.6 Å². The number of furan rings is 1. The van der Waals surface area contributed by atoms with Crippen LogP contribution in [-0.4, -0.2) is 36.4 Å². The fourth-order valence-electron chi connectivity index (χ4n) is 2.52. The molecule has 1 unspecified atom stereocenters. The topological polar surface area (TPSA) is 117 Å². The summed E-state index contributed by atoms with van der Waals surface area (Å²) in [6, 6.07) is 2.28. The number of amides is 3. The molecule has 9 heteroatoms. The molecule has 8 nitrogen and oxygen atoms in total. The van der Waals surface area contributed by atoms with Gasteiger partial charge >= 0.3 is 6.03 Å². The third kappa shape index (κ3) is 2.14. The van der Waals surface area contributed by atoms with Crippen LogP contribution in [0.25, 0.3) is 0 Å². The van der Waals surface area contributed by atoms with Gasteiger partial charge in [0.15, 0.2) is 4.75 Å². The zero-order chi connectivity index (χ0) is 16.0. The zero-order valence-electron chi connectivity index (χ0n) is 11.2. The average molecular weight is 324 g/mol. The van der Waals surface area contributed by atoms with Crippen molar-refractivity contribution >= 4 is 22.1 Å². The summed E-state index contributed by atoms with van der Waals surface area (Å²) >= 11 is 0. The van der Waals surface area contributed by atoms with Crippen molar-refractivity contribution in [1.29, 1.82) is 0 Å². The van der Waals surface area contributed by atoms with E-state index in [1.807, 2.05) is 0 Å². The molecule has 0 bridgehead atoms. The molecule has 3 amide bonds. The molecule has 0 radical (unpaired) electrons. The number of allylic oxidation sites excluding steroid dienone is 2. The molecule has 2 N–H and O–H groups in total. The van der Waals surface area contributed by atoms with Crippen LogP contribution in [0.3, 0.4) is 0 Å². The van der Waals surface area contributed by atoms with Crippen LogP contribution in [0, 0.1) is 0 Å². The number of rotatable bonds is 3. The monoisotopic (exact) mass is 324 g/mol. The Kier molecular flexibility index (Phi) is 3.18. The normalized spacial score (nSPS) is 25.3. The fraction of sp³-hybridized carbons (Fsp3) is 0.231. The number of carbonyl (C=O) groups excluding carboxylic acids is 2. The van der Waals surface area contributed by atoms with Crippen molar-refractivity contribution < 1.29 is 27.0 Å². The van der Waals surface area contributed by atoms with Crippen molar-refractivity contribution in [2.24, 2.45) is 0 Å². The van der Waals surface area contributed by atoms with E-state index < -0.39 is 26.8 Å². The van der Waals surface area contributed by atoms with Gasteiger partial charge in [-0.3, -0.25) is 19.6 Å². The molecule has 1 aromatic rings. The number of carbonyl (C=O) groups is 2. The Labute approximate surface area is 125 Å². The van der Waals surface area contributed by atoms with Crippen LogP contribution in [0.15, 0.2) is 46.7 Å². The van der Waals surface area contributed by atoms with Gasteiger partial charge in [0.05, 0.1) is 6.26 Å². The van der Waals surface area contributed by atoms with Crippen molar-refractivity contribution in [2.75, 3.05) is 6.54 Å². The van der Waals surface area contributed by atoms with Crippen molar-refractivity contribution in [3.63, 3.8) is 0 Å². The van der Waals surface area contributed by atoms with E-state index in [4.69, 9.17) is 4.42 Å². The van der Waals surface area contributed by atoms with Crippen molar-refractivity contribution in [2.45, 2.75) is 11.2 Å². The standard InChI is InChI=1S/C13H12N2O6S/c16-11-8-15(12(17)14-11)9-3-1-5-13(7-9,22(18,19)20)10-4-2-6-21-10/h1-4,6-7H,5,8H2,(H,14,16,17)(H,18,19,20). The van der Waals surface area contributed by atoms with Gasteiger partial charge in [-0.15, -0.1) is 0 Å². The van der Waals surface area contributed by atoms with Crippen LogP contribution >= 0.6 is 0 Å². The molecule has 2 heterocycles. The molecule has 116 valence electrons. The van der Waals surface area contributed by atoms with E-state index in [0.29, 0.717) is 0 Å². The van der Waals surface area contributed by atoms with Gasteiger partial charge in [-0.1, -0.05) is 6.08 Å². The lowest BCUT2D eigenvalue weighted by molar-refractivity contribution is -0.118. The van der Waals surface area contributed by atoms with Crippen molar-refractivity contribution in [3.05, 3.63) is 48.1 Å². The minimum atomic E-state index is -4.57. The number of nitrogens with one attached hydrogen (secondary N) is 1. The van der Waals surface area contributed by atoms with Gasteiger partial charge in [-0.2, -0.15) is 8.42 Å². The smallest absolute Gasteiger partial charge is 0.329 e. The molecule has 1 aliphatic heterocycles. The Bertz CT molecular complexity index is 793. The van der Waals surface area contributed by atoms with Gasteiger partial charge in [0, 0.05) is 5.70 Å². The summed E-state index contributed by atoms with van der Waals surface area (Å²) in [5.41, 5.74) is 0.198. The summed E-state index contributed by atoms with van der Waals surface area (Å²) < 4.78 is 36.9. The quantitative estimate of drug-likeness (QED) is 0.626. The van der Waals surface area contributed by atoms with E-state index in [1.54, 1.807) is 0 Å². The molecule has 22 heavy (non-hydrogen) atoms. The molecule has 3 rings (SSSR count). The van der Waals surface area contributed by atoms with Gasteiger partial charge in [-0.25, -0.2) is 4.79 Å². The van der Waals surface area contributed by atoms with Crippen molar-refractivity contribution in [3.8, 4) is 0 Å². The molecule has 0 aromatic carbocycles. The van der Waals surface area contributed by atoms with Crippen molar-refractivity contribution in [1.82, 2.24) is 10.2 Å². The molecule has 0 saturated carbocycles. The predicted octanol–water partition coefficient (Wildman–Crippen LogP) is 0.758. The van der Waals surface area contributed by atoms with Crippen LogP contribution < -0.4 is 5.32 Å². The van der Waals surface area contributed by atoms with E-state index in [-0.39, 0.29) is 24.4 Å². The maximum atomic E-state index is 11.9. The second-order valence-corrected chi connectivity index (χ2v) is 6.64. The number of hydrogen-bond donors (Lipinski definition) is 2. The molecule has 1 aromatic heterocycles. The highest BCUT2D eigenvalue weighted by molar-refractivity contribution is 7.87. The first-order valence-electron chi connectivity index (χ1n) is 6.35. The zero-order valence-corrected chi connectivity index (χ0v) is 12.0. The number of hydrogen-bond acceptors (Lipinski definition) is 5. The van der Waals surface area contributed by atoms with E-state index in [1.165, 1.54) is 36.6 Å². The lowest BCUT2D eigenvalue weighted by Crippen LogP contribution is -2.37. The SMILES string of the molecule is O=C1CN(C2=CC(c3ccco3)(S(=O)(=O)O)CC=C2)C(=O)N1. The van der Waals surface area contributed by atoms with Crippen LogP contribution in [0.1, 0.15) is 12.2 Å². The first-order valence-corrected chi connectivity index (χ1v) is 7.79.